The number of amides is 1. The fourth-order valence-electron chi connectivity index (χ4n) is 2.07. The molecule has 4 nitrogen and oxygen atoms in total. The molecule has 3 rings (SSSR count). The van der Waals surface area contributed by atoms with Crippen molar-refractivity contribution < 1.29 is 13.9 Å². The molecule has 2 heterocycles. The van der Waals surface area contributed by atoms with Crippen LogP contribution in [0.1, 0.15) is 5.56 Å². The number of morpholine rings is 1. The van der Waals surface area contributed by atoms with Crippen LogP contribution in [-0.4, -0.2) is 42.3 Å². The van der Waals surface area contributed by atoms with E-state index in [-0.39, 0.29) is 16.5 Å². The molecule has 1 aromatic rings. The van der Waals surface area contributed by atoms with Crippen molar-refractivity contribution in [2.45, 2.75) is 0 Å². The van der Waals surface area contributed by atoms with Gasteiger partial charge in [-0.3, -0.25) is 4.79 Å². The summed E-state index contributed by atoms with van der Waals surface area (Å²) in [6.07, 6.45) is 1.46. The average Bonchev–Trinajstić information content (AvgIpc) is 2.85. The fourth-order valence-corrected chi connectivity index (χ4v) is 3.23. The second-order valence-corrected chi connectivity index (χ2v) is 5.96. The third-order valence-electron chi connectivity index (χ3n) is 3.17. The molecule has 1 saturated heterocycles. The molecule has 7 heteroatoms. The van der Waals surface area contributed by atoms with Gasteiger partial charge in [-0.25, -0.2) is 4.39 Å². The van der Waals surface area contributed by atoms with E-state index in [4.69, 9.17) is 16.3 Å². The Balaban J connectivity index is 1.82. The van der Waals surface area contributed by atoms with Crippen molar-refractivity contribution >= 4 is 40.5 Å². The van der Waals surface area contributed by atoms with Crippen molar-refractivity contribution in [2.75, 3.05) is 26.3 Å². The first-order valence-electron chi connectivity index (χ1n) is 6.44. The van der Waals surface area contributed by atoms with Crippen LogP contribution in [0, 0.1) is 5.82 Å². The number of hydrogen-bond donors (Lipinski definition) is 0. The first-order chi connectivity index (χ1) is 10.1. The average molecular weight is 327 g/mol. The first-order valence-corrected chi connectivity index (χ1v) is 7.64. The third kappa shape index (κ3) is 3.12. The Bertz CT molecular complexity index is 622. The number of thioether (sulfide) groups is 1. The Hall–Kier alpha value is -1.37. The van der Waals surface area contributed by atoms with E-state index >= 15 is 0 Å². The first kappa shape index (κ1) is 14.6. The number of carbonyl (C=O) groups excluding carboxylic acids is 1. The molecule has 1 fully saturated rings. The quantitative estimate of drug-likeness (QED) is 0.744. The van der Waals surface area contributed by atoms with Crippen molar-refractivity contribution in [1.29, 1.82) is 0 Å². The lowest BCUT2D eigenvalue weighted by Crippen LogP contribution is -2.38. The van der Waals surface area contributed by atoms with Gasteiger partial charge in [0, 0.05) is 18.7 Å². The van der Waals surface area contributed by atoms with E-state index in [1.807, 2.05) is 4.90 Å². The molecule has 2 aliphatic rings. The summed E-state index contributed by atoms with van der Waals surface area (Å²) in [6, 6.07) is 4.43. The smallest absolute Gasteiger partial charge is 0.286 e. The van der Waals surface area contributed by atoms with Crippen LogP contribution in [0.4, 0.5) is 4.39 Å². The maximum absolute atomic E-state index is 13.8. The monoisotopic (exact) mass is 326 g/mol. The molecule has 21 heavy (non-hydrogen) atoms. The second-order valence-electron chi connectivity index (χ2n) is 4.54. The van der Waals surface area contributed by atoms with Gasteiger partial charge in [0.1, 0.15) is 5.82 Å². The number of benzene rings is 1. The topological polar surface area (TPSA) is 41.9 Å². The number of amidine groups is 1. The molecule has 1 amide bonds. The highest BCUT2D eigenvalue weighted by atomic mass is 35.5. The van der Waals surface area contributed by atoms with Gasteiger partial charge in [-0.2, -0.15) is 4.99 Å². The number of halogens is 2. The molecule has 0 aliphatic carbocycles. The maximum Gasteiger partial charge on any atom is 0.286 e. The van der Waals surface area contributed by atoms with Crippen LogP contribution in [0.5, 0.6) is 0 Å². The maximum atomic E-state index is 13.8. The van der Waals surface area contributed by atoms with Gasteiger partial charge in [0.15, 0.2) is 5.17 Å². The highest BCUT2D eigenvalue weighted by Gasteiger charge is 2.27. The van der Waals surface area contributed by atoms with E-state index in [0.717, 1.165) is 0 Å². The third-order valence-corrected chi connectivity index (χ3v) is 4.54. The standard InChI is InChI=1S/C14H12ClFN2O2S/c15-10-2-1-3-11(16)9(10)8-12-13(19)17-14(21-12)18-4-6-20-7-5-18/h1-3,8H,4-7H2/b12-8-. The Labute approximate surface area is 130 Å². The lowest BCUT2D eigenvalue weighted by molar-refractivity contribution is -0.113. The van der Waals surface area contributed by atoms with E-state index in [9.17, 15) is 9.18 Å². The Morgan fingerprint density at radius 2 is 2.14 bits per heavy atom. The molecule has 0 saturated carbocycles. The molecule has 0 bridgehead atoms. The normalized spacial score (nSPS) is 21.0. The van der Waals surface area contributed by atoms with E-state index in [1.165, 1.54) is 30.0 Å². The van der Waals surface area contributed by atoms with Crippen molar-refractivity contribution in [3.63, 3.8) is 0 Å². The largest absolute Gasteiger partial charge is 0.378 e. The number of aliphatic imine (C=N–C) groups is 1. The highest BCUT2D eigenvalue weighted by Crippen LogP contribution is 2.32. The van der Waals surface area contributed by atoms with Gasteiger partial charge in [-0.15, -0.1) is 0 Å². The summed E-state index contributed by atoms with van der Waals surface area (Å²) in [4.78, 5) is 18.4. The zero-order valence-corrected chi connectivity index (χ0v) is 12.6. The second kappa shape index (κ2) is 6.17. The molecule has 0 unspecified atom stereocenters. The van der Waals surface area contributed by atoms with Crippen molar-refractivity contribution in [3.8, 4) is 0 Å². The van der Waals surface area contributed by atoms with Gasteiger partial charge in [0.25, 0.3) is 5.91 Å². The number of carbonyl (C=O) groups is 1. The lowest BCUT2D eigenvalue weighted by Gasteiger charge is -2.27. The summed E-state index contributed by atoms with van der Waals surface area (Å²) < 4.78 is 19.0. The molecule has 0 aromatic heterocycles. The van der Waals surface area contributed by atoms with Gasteiger partial charge in [0.05, 0.1) is 23.1 Å². The van der Waals surface area contributed by atoms with E-state index < -0.39 is 5.82 Å². The zero-order chi connectivity index (χ0) is 14.8. The summed E-state index contributed by atoms with van der Waals surface area (Å²) in [5, 5.41) is 0.915. The highest BCUT2D eigenvalue weighted by molar-refractivity contribution is 8.18. The Kier molecular flexibility index (Phi) is 4.28. The van der Waals surface area contributed by atoms with Gasteiger partial charge in [0.2, 0.25) is 0 Å². The summed E-state index contributed by atoms with van der Waals surface area (Å²) in [5.41, 5.74) is 0.216. The molecule has 0 N–H and O–H groups in total. The summed E-state index contributed by atoms with van der Waals surface area (Å²) >= 11 is 7.22. The van der Waals surface area contributed by atoms with Gasteiger partial charge >= 0.3 is 0 Å². The fraction of sp³-hybridized carbons (Fsp3) is 0.286. The van der Waals surface area contributed by atoms with Crippen LogP contribution >= 0.6 is 23.4 Å². The molecular weight excluding hydrogens is 315 g/mol. The molecule has 110 valence electrons. The van der Waals surface area contributed by atoms with E-state index in [0.29, 0.717) is 36.4 Å². The SMILES string of the molecule is O=C1N=C(N2CCOCC2)S/C1=C\c1c(F)cccc1Cl. The molecule has 0 radical (unpaired) electrons. The predicted molar refractivity (Wildman–Crippen MR) is 81.8 cm³/mol. The Morgan fingerprint density at radius 1 is 1.38 bits per heavy atom. The minimum atomic E-state index is -0.455. The lowest BCUT2D eigenvalue weighted by atomic mass is 10.2. The van der Waals surface area contributed by atoms with Crippen molar-refractivity contribution in [1.82, 2.24) is 4.90 Å². The molecule has 0 atom stereocenters. The van der Waals surface area contributed by atoms with Gasteiger partial charge in [-0.1, -0.05) is 17.7 Å². The van der Waals surface area contributed by atoms with E-state index in [1.54, 1.807) is 6.07 Å². The van der Waals surface area contributed by atoms with E-state index in [2.05, 4.69) is 4.99 Å². The minimum Gasteiger partial charge on any atom is -0.378 e. The zero-order valence-electron chi connectivity index (χ0n) is 11.0. The molecular formula is C14H12ClFN2O2S. The van der Waals surface area contributed by atoms with Crippen LogP contribution < -0.4 is 0 Å². The molecule has 1 aromatic carbocycles. The van der Waals surface area contributed by atoms with Gasteiger partial charge in [-0.05, 0) is 30.0 Å². The van der Waals surface area contributed by atoms with Crippen molar-refractivity contribution in [3.05, 3.63) is 39.5 Å². The van der Waals surface area contributed by atoms with Crippen LogP contribution in [0.2, 0.25) is 5.02 Å². The van der Waals surface area contributed by atoms with Crippen molar-refractivity contribution in [2.24, 2.45) is 4.99 Å². The number of nitrogens with zero attached hydrogens (tertiary/aromatic N) is 2. The number of hydrogen-bond acceptors (Lipinski definition) is 4. The minimum absolute atomic E-state index is 0.216. The van der Waals surface area contributed by atoms with Crippen LogP contribution in [-0.2, 0) is 9.53 Å². The Morgan fingerprint density at radius 3 is 2.86 bits per heavy atom. The summed E-state index contributed by atoms with van der Waals surface area (Å²) in [7, 11) is 0. The molecule has 2 aliphatic heterocycles. The molecule has 0 spiro atoms. The summed E-state index contributed by atoms with van der Waals surface area (Å²) in [5.74, 6) is -0.816. The number of rotatable bonds is 1. The summed E-state index contributed by atoms with van der Waals surface area (Å²) in [6.45, 7) is 2.64. The van der Waals surface area contributed by atoms with Crippen LogP contribution in [0.25, 0.3) is 6.08 Å². The predicted octanol–water partition coefficient (Wildman–Crippen LogP) is 2.78. The van der Waals surface area contributed by atoms with Crippen LogP contribution in [0.3, 0.4) is 0 Å². The van der Waals surface area contributed by atoms with Crippen LogP contribution in [0.15, 0.2) is 28.1 Å². The van der Waals surface area contributed by atoms with Gasteiger partial charge < -0.3 is 9.64 Å². The number of ether oxygens (including phenoxy) is 1.